The Labute approximate surface area is 138 Å². The van der Waals surface area contributed by atoms with Gasteiger partial charge in [0, 0.05) is 12.1 Å². The fraction of sp³-hybridized carbons (Fsp3) is 0.667. The van der Waals surface area contributed by atoms with Gasteiger partial charge in [0.2, 0.25) is 0 Å². The lowest BCUT2D eigenvalue weighted by Gasteiger charge is -2.23. The van der Waals surface area contributed by atoms with Crippen LogP contribution in [0.15, 0.2) is 12.1 Å². The van der Waals surface area contributed by atoms with Gasteiger partial charge in [-0.1, -0.05) is 20.3 Å². The summed E-state index contributed by atoms with van der Waals surface area (Å²) in [7, 11) is 0. The van der Waals surface area contributed by atoms with E-state index in [4.69, 9.17) is 15.2 Å². The highest BCUT2D eigenvalue weighted by molar-refractivity contribution is 5.45. The fourth-order valence-electron chi connectivity index (χ4n) is 2.65. The molecule has 0 bridgehead atoms. The van der Waals surface area contributed by atoms with Crippen molar-refractivity contribution in [2.24, 2.45) is 5.73 Å². The summed E-state index contributed by atoms with van der Waals surface area (Å²) < 4.78 is 25.4. The largest absolute Gasteiger partial charge is 0.490 e. The number of benzene rings is 1. The summed E-state index contributed by atoms with van der Waals surface area (Å²) in [6, 6.07) is 2.75. The summed E-state index contributed by atoms with van der Waals surface area (Å²) in [5.74, 6) is 0.430. The predicted octanol–water partition coefficient (Wildman–Crippen LogP) is 3.61. The van der Waals surface area contributed by atoms with Crippen LogP contribution in [0.25, 0.3) is 0 Å². The van der Waals surface area contributed by atoms with Crippen LogP contribution in [0.4, 0.5) is 4.39 Å². The molecule has 132 valence electrons. The van der Waals surface area contributed by atoms with Crippen molar-refractivity contribution in [2.45, 2.75) is 65.0 Å². The standard InChI is InChI=1S/C18H30FNO3/c1-5-8-15(20)16(21)9-12(4)13-10-17(22-6-2)18(23-7-3)11-14(13)19/h10-12,15-16,21H,5-9,20H2,1-4H3. The first-order chi connectivity index (χ1) is 10.9. The van der Waals surface area contributed by atoms with Crippen LogP contribution in [-0.2, 0) is 0 Å². The minimum atomic E-state index is -0.647. The molecule has 3 N–H and O–H groups in total. The Balaban J connectivity index is 2.95. The van der Waals surface area contributed by atoms with E-state index in [1.807, 2.05) is 27.7 Å². The van der Waals surface area contributed by atoms with E-state index in [-0.39, 0.29) is 17.8 Å². The van der Waals surface area contributed by atoms with E-state index in [9.17, 15) is 9.50 Å². The van der Waals surface area contributed by atoms with Gasteiger partial charge in [0.15, 0.2) is 11.5 Å². The molecule has 1 rings (SSSR count). The van der Waals surface area contributed by atoms with Gasteiger partial charge < -0.3 is 20.3 Å². The average Bonchev–Trinajstić information content (AvgIpc) is 2.50. The fourth-order valence-corrected chi connectivity index (χ4v) is 2.65. The van der Waals surface area contributed by atoms with Crippen LogP contribution in [0.1, 0.15) is 58.4 Å². The second-order valence-corrected chi connectivity index (χ2v) is 5.84. The SMILES string of the molecule is CCCC(N)C(O)CC(C)c1cc(OCC)c(OCC)cc1F. The third-order valence-corrected chi connectivity index (χ3v) is 3.90. The second kappa shape index (κ2) is 9.73. The molecule has 0 aliphatic carbocycles. The highest BCUT2D eigenvalue weighted by Crippen LogP contribution is 2.35. The quantitative estimate of drug-likeness (QED) is 0.689. The summed E-state index contributed by atoms with van der Waals surface area (Å²) in [4.78, 5) is 0. The summed E-state index contributed by atoms with van der Waals surface area (Å²) in [6.07, 6.45) is 1.44. The first kappa shape index (κ1) is 19.7. The molecule has 0 amide bonds. The molecule has 4 nitrogen and oxygen atoms in total. The number of hydrogen-bond acceptors (Lipinski definition) is 4. The zero-order chi connectivity index (χ0) is 17.4. The Hall–Kier alpha value is -1.33. The average molecular weight is 327 g/mol. The van der Waals surface area contributed by atoms with E-state index in [2.05, 4.69) is 0 Å². The molecular formula is C18H30FNO3. The summed E-state index contributed by atoms with van der Waals surface area (Å²) in [6.45, 7) is 8.54. The van der Waals surface area contributed by atoms with Crippen LogP contribution in [0.3, 0.4) is 0 Å². The Morgan fingerprint density at radius 2 is 1.70 bits per heavy atom. The topological polar surface area (TPSA) is 64.7 Å². The van der Waals surface area contributed by atoms with E-state index in [0.717, 1.165) is 12.8 Å². The summed E-state index contributed by atoms with van der Waals surface area (Å²) >= 11 is 0. The van der Waals surface area contributed by atoms with Gasteiger partial charge >= 0.3 is 0 Å². The van der Waals surface area contributed by atoms with Crippen molar-refractivity contribution in [3.8, 4) is 11.5 Å². The van der Waals surface area contributed by atoms with Crippen LogP contribution < -0.4 is 15.2 Å². The van der Waals surface area contributed by atoms with Gasteiger partial charge in [0.1, 0.15) is 5.82 Å². The third-order valence-electron chi connectivity index (χ3n) is 3.90. The molecule has 3 atom stereocenters. The minimum absolute atomic E-state index is 0.164. The number of aliphatic hydroxyl groups excluding tert-OH is 1. The Bertz CT molecular complexity index is 482. The number of hydrogen-bond donors (Lipinski definition) is 2. The van der Waals surface area contributed by atoms with Crippen LogP contribution in [0, 0.1) is 5.82 Å². The maximum atomic E-state index is 14.4. The van der Waals surface area contributed by atoms with Crippen molar-refractivity contribution < 1.29 is 19.0 Å². The molecule has 1 aromatic carbocycles. The Morgan fingerprint density at radius 1 is 1.13 bits per heavy atom. The highest BCUT2D eigenvalue weighted by Gasteiger charge is 2.22. The van der Waals surface area contributed by atoms with Gasteiger partial charge in [-0.3, -0.25) is 0 Å². The van der Waals surface area contributed by atoms with E-state index in [0.29, 0.717) is 36.7 Å². The van der Waals surface area contributed by atoms with Gasteiger partial charge in [0.25, 0.3) is 0 Å². The van der Waals surface area contributed by atoms with E-state index in [1.165, 1.54) is 6.07 Å². The summed E-state index contributed by atoms with van der Waals surface area (Å²) in [5.41, 5.74) is 6.46. The zero-order valence-electron chi connectivity index (χ0n) is 14.6. The van der Waals surface area contributed by atoms with Gasteiger partial charge in [-0.2, -0.15) is 0 Å². The molecule has 0 saturated heterocycles. The van der Waals surface area contributed by atoms with Crippen LogP contribution in [0.5, 0.6) is 11.5 Å². The van der Waals surface area contributed by atoms with Gasteiger partial charge in [-0.25, -0.2) is 4.39 Å². The van der Waals surface area contributed by atoms with Crippen molar-refractivity contribution in [2.75, 3.05) is 13.2 Å². The van der Waals surface area contributed by atoms with Crippen molar-refractivity contribution in [1.82, 2.24) is 0 Å². The molecule has 23 heavy (non-hydrogen) atoms. The van der Waals surface area contributed by atoms with Crippen molar-refractivity contribution in [3.63, 3.8) is 0 Å². The van der Waals surface area contributed by atoms with E-state index >= 15 is 0 Å². The second-order valence-electron chi connectivity index (χ2n) is 5.84. The van der Waals surface area contributed by atoms with E-state index < -0.39 is 6.10 Å². The number of ether oxygens (including phenoxy) is 2. The molecule has 5 heteroatoms. The predicted molar refractivity (Wildman–Crippen MR) is 90.7 cm³/mol. The summed E-state index contributed by atoms with van der Waals surface area (Å²) in [5, 5.41) is 10.2. The maximum absolute atomic E-state index is 14.4. The first-order valence-electron chi connectivity index (χ1n) is 8.47. The number of aliphatic hydroxyl groups is 1. The molecule has 0 saturated carbocycles. The lowest BCUT2D eigenvalue weighted by molar-refractivity contribution is 0.123. The maximum Gasteiger partial charge on any atom is 0.164 e. The minimum Gasteiger partial charge on any atom is -0.490 e. The van der Waals surface area contributed by atoms with Crippen LogP contribution in [-0.4, -0.2) is 30.5 Å². The number of rotatable bonds is 10. The normalized spacial score (nSPS) is 15.1. The molecule has 0 heterocycles. The van der Waals surface area contributed by atoms with E-state index in [1.54, 1.807) is 6.07 Å². The van der Waals surface area contributed by atoms with Crippen molar-refractivity contribution in [1.29, 1.82) is 0 Å². The van der Waals surface area contributed by atoms with Crippen LogP contribution >= 0.6 is 0 Å². The lowest BCUT2D eigenvalue weighted by Crippen LogP contribution is -2.35. The molecule has 0 fully saturated rings. The Morgan fingerprint density at radius 3 is 2.22 bits per heavy atom. The van der Waals surface area contributed by atoms with Gasteiger partial charge in [-0.15, -0.1) is 0 Å². The van der Waals surface area contributed by atoms with Crippen molar-refractivity contribution in [3.05, 3.63) is 23.5 Å². The van der Waals surface area contributed by atoms with Crippen molar-refractivity contribution >= 4 is 0 Å². The van der Waals surface area contributed by atoms with Gasteiger partial charge in [-0.05, 0) is 44.2 Å². The lowest BCUT2D eigenvalue weighted by atomic mass is 9.90. The Kier molecular flexibility index (Phi) is 8.34. The first-order valence-corrected chi connectivity index (χ1v) is 8.47. The molecule has 0 radical (unpaired) electrons. The third kappa shape index (κ3) is 5.66. The zero-order valence-corrected chi connectivity index (χ0v) is 14.6. The highest BCUT2D eigenvalue weighted by atomic mass is 19.1. The monoisotopic (exact) mass is 327 g/mol. The molecule has 0 spiro atoms. The molecular weight excluding hydrogens is 297 g/mol. The number of halogens is 1. The molecule has 0 aliphatic rings. The van der Waals surface area contributed by atoms with Gasteiger partial charge in [0.05, 0.1) is 19.3 Å². The smallest absolute Gasteiger partial charge is 0.164 e. The molecule has 3 unspecified atom stereocenters. The molecule has 1 aromatic rings. The molecule has 0 aliphatic heterocycles. The number of nitrogens with two attached hydrogens (primary N) is 1. The van der Waals surface area contributed by atoms with Crippen LogP contribution in [0.2, 0.25) is 0 Å². The molecule has 0 aromatic heterocycles.